The summed E-state index contributed by atoms with van der Waals surface area (Å²) in [6, 6.07) is 17.4. The lowest BCUT2D eigenvalue weighted by Gasteiger charge is -2.22. The quantitative estimate of drug-likeness (QED) is 0.814. The molecule has 0 spiro atoms. The Balaban J connectivity index is 1.59. The van der Waals surface area contributed by atoms with Crippen molar-refractivity contribution in [2.75, 3.05) is 31.5 Å². The summed E-state index contributed by atoms with van der Waals surface area (Å²) in [6.45, 7) is 9.57. The van der Waals surface area contributed by atoms with E-state index in [2.05, 4.69) is 34.5 Å². The van der Waals surface area contributed by atoms with Crippen molar-refractivity contribution in [1.29, 1.82) is 0 Å². The highest BCUT2D eigenvalue weighted by Crippen LogP contribution is 2.17. The molecule has 2 aromatic carbocycles. The highest BCUT2D eigenvalue weighted by molar-refractivity contribution is 5.96. The summed E-state index contributed by atoms with van der Waals surface area (Å²) in [5, 5.41) is 2.70. The Morgan fingerprint density at radius 3 is 2.47 bits per heavy atom. The zero-order chi connectivity index (χ0) is 21.6. The molecular formula is C24H31N3O3. The van der Waals surface area contributed by atoms with E-state index in [0.717, 1.165) is 32.6 Å². The molecule has 1 aliphatic heterocycles. The number of rotatable bonds is 4. The number of hydrogen-bond acceptors (Lipinski definition) is 4. The van der Waals surface area contributed by atoms with Crippen molar-refractivity contribution in [2.24, 2.45) is 0 Å². The number of carbonyl (C=O) groups is 2. The van der Waals surface area contributed by atoms with Gasteiger partial charge < -0.3 is 9.64 Å². The molecule has 6 heteroatoms. The third-order valence-corrected chi connectivity index (χ3v) is 4.88. The third kappa shape index (κ3) is 6.59. The van der Waals surface area contributed by atoms with Gasteiger partial charge in [0.25, 0.3) is 5.91 Å². The van der Waals surface area contributed by atoms with Gasteiger partial charge in [-0.1, -0.05) is 36.4 Å². The minimum atomic E-state index is -0.574. The van der Waals surface area contributed by atoms with Gasteiger partial charge in [0, 0.05) is 44.0 Å². The molecule has 0 radical (unpaired) electrons. The highest BCUT2D eigenvalue weighted by atomic mass is 16.6. The van der Waals surface area contributed by atoms with Gasteiger partial charge in [-0.25, -0.2) is 4.79 Å². The van der Waals surface area contributed by atoms with Gasteiger partial charge in [-0.2, -0.15) is 0 Å². The van der Waals surface area contributed by atoms with Crippen LogP contribution in [-0.2, 0) is 11.3 Å². The molecule has 0 atom stereocenters. The van der Waals surface area contributed by atoms with E-state index in [1.54, 1.807) is 24.3 Å². The third-order valence-electron chi connectivity index (χ3n) is 4.88. The van der Waals surface area contributed by atoms with Crippen molar-refractivity contribution in [2.45, 2.75) is 39.3 Å². The summed E-state index contributed by atoms with van der Waals surface area (Å²) in [6.07, 6.45) is 0.410. The van der Waals surface area contributed by atoms with Crippen LogP contribution in [-0.4, -0.2) is 53.6 Å². The van der Waals surface area contributed by atoms with E-state index >= 15 is 0 Å². The largest absolute Gasteiger partial charge is 0.444 e. The summed E-state index contributed by atoms with van der Waals surface area (Å²) in [7, 11) is 0. The molecule has 0 aliphatic carbocycles. The molecule has 0 aromatic heterocycles. The summed E-state index contributed by atoms with van der Waals surface area (Å²) in [5.74, 6) is -0.00981. The van der Waals surface area contributed by atoms with Crippen LogP contribution in [0.5, 0.6) is 0 Å². The SMILES string of the molecule is CC(C)(C)OC(=O)Nc1cccc(C(=O)N2CCCN(Cc3ccccc3)CC2)c1. The van der Waals surface area contributed by atoms with Gasteiger partial charge in [0.05, 0.1) is 0 Å². The van der Waals surface area contributed by atoms with E-state index in [1.165, 1.54) is 5.56 Å². The van der Waals surface area contributed by atoms with Gasteiger partial charge in [0.1, 0.15) is 5.60 Å². The molecule has 0 saturated carbocycles. The number of nitrogens with zero attached hydrogens (tertiary/aromatic N) is 2. The molecule has 2 aromatic rings. The summed E-state index contributed by atoms with van der Waals surface area (Å²) < 4.78 is 5.28. The van der Waals surface area contributed by atoms with Crippen LogP contribution in [0.2, 0.25) is 0 Å². The zero-order valence-corrected chi connectivity index (χ0v) is 18.1. The van der Waals surface area contributed by atoms with Crippen molar-refractivity contribution in [3.63, 3.8) is 0 Å². The maximum atomic E-state index is 13.0. The van der Waals surface area contributed by atoms with Gasteiger partial charge in [-0.05, 0) is 51.0 Å². The molecular weight excluding hydrogens is 378 g/mol. The lowest BCUT2D eigenvalue weighted by molar-refractivity contribution is 0.0634. The number of carbonyl (C=O) groups excluding carboxylic acids is 2. The van der Waals surface area contributed by atoms with Gasteiger partial charge in [-0.3, -0.25) is 15.0 Å². The standard InChI is InChI=1S/C24H31N3O3/c1-24(2,3)30-23(29)25-21-12-7-11-20(17-21)22(28)27-14-8-13-26(15-16-27)18-19-9-5-4-6-10-19/h4-7,9-12,17H,8,13-16,18H2,1-3H3,(H,25,29). The molecule has 0 bridgehead atoms. The molecule has 160 valence electrons. The van der Waals surface area contributed by atoms with Crippen LogP contribution in [0.1, 0.15) is 43.1 Å². The summed E-state index contributed by atoms with van der Waals surface area (Å²) >= 11 is 0. The molecule has 1 fully saturated rings. The van der Waals surface area contributed by atoms with Gasteiger partial charge in [0.2, 0.25) is 0 Å². The van der Waals surface area contributed by atoms with E-state index < -0.39 is 11.7 Å². The number of anilines is 1. The van der Waals surface area contributed by atoms with Crippen LogP contribution >= 0.6 is 0 Å². The topological polar surface area (TPSA) is 61.9 Å². The molecule has 0 unspecified atom stereocenters. The maximum absolute atomic E-state index is 13.0. The van der Waals surface area contributed by atoms with E-state index in [9.17, 15) is 9.59 Å². The monoisotopic (exact) mass is 409 g/mol. The molecule has 2 amide bonds. The van der Waals surface area contributed by atoms with Crippen LogP contribution in [0.4, 0.5) is 10.5 Å². The van der Waals surface area contributed by atoms with Crippen LogP contribution in [0.3, 0.4) is 0 Å². The minimum absolute atomic E-state index is 0.00981. The lowest BCUT2D eigenvalue weighted by atomic mass is 10.1. The first-order valence-corrected chi connectivity index (χ1v) is 10.5. The Bertz CT molecular complexity index is 861. The van der Waals surface area contributed by atoms with Gasteiger partial charge in [0.15, 0.2) is 0 Å². The van der Waals surface area contributed by atoms with Gasteiger partial charge >= 0.3 is 6.09 Å². The first-order chi connectivity index (χ1) is 14.3. The number of hydrogen-bond donors (Lipinski definition) is 1. The van der Waals surface area contributed by atoms with Crippen molar-refractivity contribution >= 4 is 17.7 Å². The molecule has 30 heavy (non-hydrogen) atoms. The van der Waals surface area contributed by atoms with E-state index in [4.69, 9.17) is 4.74 Å². The van der Waals surface area contributed by atoms with Crippen molar-refractivity contribution < 1.29 is 14.3 Å². The number of ether oxygens (including phenoxy) is 1. The minimum Gasteiger partial charge on any atom is -0.444 e. The van der Waals surface area contributed by atoms with Gasteiger partial charge in [-0.15, -0.1) is 0 Å². The van der Waals surface area contributed by atoms with Crippen molar-refractivity contribution in [3.8, 4) is 0 Å². The summed E-state index contributed by atoms with van der Waals surface area (Å²) in [5.41, 5.74) is 1.84. The van der Waals surface area contributed by atoms with E-state index in [-0.39, 0.29) is 5.91 Å². The Labute approximate surface area is 178 Å². The average Bonchev–Trinajstić information content (AvgIpc) is 2.92. The van der Waals surface area contributed by atoms with Crippen LogP contribution in [0.15, 0.2) is 54.6 Å². The second-order valence-electron chi connectivity index (χ2n) is 8.62. The normalized spacial score (nSPS) is 15.4. The zero-order valence-electron chi connectivity index (χ0n) is 18.1. The van der Waals surface area contributed by atoms with Crippen LogP contribution in [0, 0.1) is 0 Å². The first-order valence-electron chi connectivity index (χ1n) is 10.5. The van der Waals surface area contributed by atoms with Crippen LogP contribution in [0.25, 0.3) is 0 Å². The molecule has 1 heterocycles. The second kappa shape index (κ2) is 9.76. The number of benzene rings is 2. The molecule has 6 nitrogen and oxygen atoms in total. The van der Waals surface area contributed by atoms with E-state index in [0.29, 0.717) is 17.8 Å². The second-order valence-corrected chi connectivity index (χ2v) is 8.62. The first kappa shape index (κ1) is 21.8. The predicted octanol–water partition coefficient (Wildman–Crippen LogP) is 4.38. The van der Waals surface area contributed by atoms with Crippen LogP contribution < -0.4 is 5.32 Å². The van der Waals surface area contributed by atoms with E-state index in [1.807, 2.05) is 31.7 Å². The number of amides is 2. The Morgan fingerprint density at radius 1 is 0.967 bits per heavy atom. The Kier molecular flexibility index (Phi) is 7.11. The smallest absolute Gasteiger partial charge is 0.412 e. The average molecular weight is 410 g/mol. The Hall–Kier alpha value is -2.86. The molecule has 1 aliphatic rings. The van der Waals surface area contributed by atoms with Crippen molar-refractivity contribution in [1.82, 2.24) is 9.80 Å². The fourth-order valence-corrected chi connectivity index (χ4v) is 3.51. The fraction of sp³-hybridized carbons (Fsp3) is 0.417. The fourth-order valence-electron chi connectivity index (χ4n) is 3.51. The van der Waals surface area contributed by atoms with Crippen molar-refractivity contribution in [3.05, 3.63) is 65.7 Å². The molecule has 1 saturated heterocycles. The number of nitrogens with one attached hydrogen (secondary N) is 1. The summed E-state index contributed by atoms with van der Waals surface area (Å²) in [4.78, 5) is 29.3. The molecule has 3 rings (SSSR count). The Morgan fingerprint density at radius 2 is 1.73 bits per heavy atom. The highest BCUT2D eigenvalue weighted by Gasteiger charge is 2.21. The predicted molar refractivity (Wildman–Crippen MR) is 119 cm³/mol. The molecule has 1 N–H and O–H groups in total. The lowest BCUT2D eigenvalue weighted by Crippen LogP contribution is -2.35. The maximum Gasteiger partial charge on any atom is 0.412 e.